The Balaban J connectivity index is 0.000000115. The third-order valence-corrected chi connectivity index (χ3v) is 24.0. The first kappa shape index (κ1) is 76.4. The first-order chi connectivity index (χ1) is 63.4. The van der Waals surface area contributed by atoms with E-state index in [0.717, 1.165) is 123 Å². The minimum Gasteiger partial charge on any atom is -0.309 e. The summed E-state index contributed by atoms with van der Waals surface area (Å²) >= 11 is 0. The van der Waals surface area contributed by atoms with Crippen LogP contribution < -0.4 is 0 Å². The van der Waals surface area contributed by atoms with Gasteiger partial charge in [0.2, 0.25) is 0 Å². The van der Waals surface area contributed by atoms with Crippen molar-refractivity contribution in [2.24, 2.45) is 0 Å². The molecule has 598 valence electrons. The van der Waals surface area contributed by atoms with Crippen molar-refractivity contribution in [2.45, 2.75) is 0 Å². The molecule has 0 radical (unpaired) electrons. The van der Waals surface area contributed by atoms with Crippen molar-refractivity contribution in [3.8, 4) is 136 Å². The summed E-state index contributed by atoms with van der Waals surface area (Å²) in [5, 5.41) is 28.4. The second-order valence-electron chi connectivity index (χ2n) is 31.7. The van der Waals surface area contributed by atoms with Crippen molar-refractivity contribution in [3.05, 3.63) is 466 Å². The highest BCUT2D eigenvalue weighted by molar-refractivity contribution is 6.13. The molecule has 11 heteroatoms. The van der Waals surface area contributed by atoms with Crippen LogP contribution in [0.1, 0.15) is 11.1 Å². The summed E-state index contributed by atoms with van der Waals surface area (Å²) in [5.41, 5.74) is 29.0. The number of para-hydroxylation sites is 8. The van der Waals surface area contributed by atoms with Gasteiger partial charge >= 0.3 is 0 Å². The van der Waals surface area contributed by atoms with Gasteiger partial charge in [0, 0.05) is 99.2 Å². The van der Waals surface area contributed by atoms with E-state index in [2.05, 4.69) is 352 Å². The van der Waals surface area contributed by atoms with Gasteiger partial charge in [0.25, 0.3) is 0 Å². The highest BCUT2D eigenvalue weighted by Gasteiger charge is 2.23. The van der Waals surface area contributed by atoms with E-state index in [1.165, 1.54) is 65.2 Å². The molecule has 0 amide bonds. The van der Waals surface area contributed by atoms with Crippen LogP contribution in [0.3, 0.4) is 0 Å². The number of benzene rings is 18. The van der Waals surface area contributed by atoms with Gasteiger partial charge in [0.15, 0.2) is 23.3 Å². The maximum atomic E-state index is 9.29. The SMILES string of the molecule is N#Cc1ccc(-c2cc(-c3ccc(C#N)cc3)cc(-c3cccc(-n4c5ccccc5c5ccccc54)c3)c2)cc1.c1ccc(-c2cc(-c3cc(-n4c5ccccc5c5ccccc54)cc(-n4c5ccccc5c5ccccc54)c3)nc(-c3ccccc3)n2)cc1.c1ccc(-c2nc(-c3ccccc3)nc(-c3cccc(-n4c5ccccc5c5ccccc54)c3)n2)cc1. The fourth-order valence-electron chi connectivity index (χ4n) is 18.0. The maximum absolute atomic E-state index is 9.29. The lowest BCUT2D eigenvalue weighted by Gasteiger charge is -2.16. The number of nitrogens with zero attached hydrogens (tertiary/aromatic N) is 11. The lowest BCUT2D eigenvalue weighted by molar-refractivity contribution is 1.07. The lowest BCUT2D eigenvalue weighted by atomic mass is 9.92. The van der Waals surface area contributed by atoms with Crippen LogP contribution in [0.4, 0.5) is 0 Å². The first-order valence-corrected chi connectivity index (χ1v) is 42.7. The van der Waals surface area contributed by atoms with Crippen LogP contribution in [0.5, 0.6) is 0 Å². The van der Waals surface area contributed by atoms with E-state index in [-0.39, 0.29) is 0 Å². The molecule has 0 aliphatic heterocycles. The average molecular weight is 1630 g/mol. The fourth-order valence-corrected chi connectivity index (χ4v) is 18.0. The zero-order valence-corrected chi connectivity index (χ0v) is 69.2. The Morgan fingerprint density at radius 1 is 0.156 bits per heavy atom. The third kappa shape index (κ3) is 14.4. The van der Waals surface area contributed by atoms with Gasteiger partial charge in [-0.15, -0.1) is 0 Å². The number of hydrogen-bond donors (Lipinski definition) is 0. The number of rotatable bonds is 13. The predicted octanol–water partition coefficient (Wildman–Crippen LogP) is 29.2. The van der Waals surface area contributed by atoms with Crippen LogP contribution >= 0.6 is 0 Å². The monoisotopic (exact) mass is 1630 g/mol. The zero-order valence-electron chi connectivity index (χ0n) is 69.2. The molecule has 0 saturated heterocycles. The Kier molecular flexibility index (Phi) is 19.8. The molecule has 0 fully saturated rings. The molecule has 128 heavy (non-hydrogen) atoms. The normalized spacial score (nSPS) is 11.3. The highest BCUT2D eigenvalue weighted by atomic mass is 15.0. The molecule has 0 aliphatic carbocycles. The van der Waals surface area contributed by atoms with Crippen LogP contribution in [0.2, 0.25) is 0 Å². The van der Waals surface area contributed by atoms with Gasteiger partial charge in [-0.2, -0.15) is 10.5 Å². The van der Waals surface area contributed by atoms with Crippen molar-refractivity contribution in [3.63, 3.8) is 0 Å². The van der Waals surface area contributed by atoms with Crippen molar-refractivity contribution in [1.29, 1.82) is 10.5 Å². The van der Waals surface area contributed by atoms with Crippen molar-refractivity contribution >= 4 is 87.2 Å². The average Bonchev–Trinajstić information content (AvgIpc) is 1.59. The number of hydrogen-bond acceptors (Lipinski definition) is 7. The number of nitriles is 2. The van der Waals surface area contributed by atoms with E-state index >= 15 is 0 Å². The van der Waals surface area contributed by atoms with Gasteiger partial charge in [-0.25, -0.2) is 24.9 Å². The van der Waals surface area contributed by atoms with Crippen LogP contribution in [0, 0.1) is 22.7 Å². The molecule has 24 aromatic rings. The van der Waals surface area contributed by atoms with Crippen LogP contribution in [-0.2, 0) is 0 Å². The quantitative estimate of drug-likeness (QED) is 0.112. The second kappa shape index (κ2) is 33.2. The molecular weight excluding hydrogens is 1560 g/mol. The molecule has 0 unspecified atom stereocenters. The molecule has 6 heterocycles. The van der Waals surface area contributed by atoms with E-state index in [1.54, 1.807) is 0 Å². The van der Waals surface area contributed by atoms with E-state index in [0.29, 0.717) is 34.4 Å². The van der Waals surface area contributed by atoms with E-state index in [1.807, 2.05) is 133 Å². The minimum absolute atomic E-state index is 0.635. The summed E-state index contributed by atoms with van der Waals surface area (Å²) in [6, 6.07) is 162. The molecule has 0 atom stereocenters. The van der Waals surface area contributed by atoms with Crippen LogP contribution in [0.15, 0.2) is 455 Å². The van der Waals surface area contributed by atoms with Gasteiger partial charge in [-0.3, -0.25) is 0 Å². The molecule has 18 aromatic carbocycles. The molecule has 0 N–H and O–H groups in total. The van der Waals surface area contributed by atoms with Gasteiger partial charge in [-0.1, -0.05) is 315 Å². The summed E-state index contributed by atoms with van der Waals surface area (Å²) in [5.74, 6) is 2.66. The molecule has 0 bridgehead atoms. The maximum Gasteiger partial charge on any atom is 0.164 e. The van der Waals surface area contributed by atoms with Crippen molar-refractivity contribution < 1.29 is 0 Å². The topological polar surface area (TPSA) is 132 Å². The van der Waals surface area contributed by atoms with Crippen LogP contribution in [-0.4, -0.2) is 43.2 Å². The summed E-state index contributed by atoms with van der Waals surface area (Å²) < 4.78 is 9.43. The predicted molar refractivity (Wildman–Crippen MR) is 524 cm³/mol. The number of fused-ring (bicyclic) bond motifs is 12. The molecule has 6 aromatic heterocycles. The molecule has 0 saturated carbocycles. The van der Waals surface area contributed by atoms with Gasteiger partial charge in [0.1, 0.15) is 0 Å². The Morgan fingerprint density at radius 2 is 0.398 bits per heavy atom. The zero-order chi connectivity index (χ0) is 85.4. The smallest absolute Gasteiger partial charge is 0.164 e. The Labute approximate surface area is 738 Å². The summed E-state index contributed by atoms with van der Waals surface area (Å²) in [7, 11) is 0. The molecule has 0 aliphatic rings. The highest BCUT2D eigenvalue weighted by Crippen LogP contribution is 2.43. The van der Waals surface area contributed by atoms with Crippen molar-refractivity contribution in [2.75, 3.05) is 0 Å². The molecular formula is C117H75N11. The standard InChI is InChI=1S/C46H30N4.C38H23N3.C33H22N4/c1-3-15-31(16-4-1)40-30-41(48-46(47-40)32-17-5-2-6-18-32)33-27-34(49-42-23-11-7-19-36(42)37-20-8-12-24-43(37)49)29-35(28-33)50-44-25-13-9-21-38(44)39-22-10-14-26-45(39)50;39-24-26-12-16-28(17-13-26)31-20-32(29-18-14-27(25-40)15-19-29)22-33(21-31)30-6-5-7-34(23-30)41-37-10-3-1-8-35(37)36-9-2-4-11-38(36)41;1-3-12-23(13-4-1)31-34-32(24-14-5-2-6-15-24)36-33(35-31)25-16-11-17-26(22-25)37-29-20-9-7-18-27(29)28-19-8-10-21-30(28)37/h1-30H;1-23H;1-22H. The van der Waals surface area contributed by atoms with Crippen LogP contribution in [0.25, 0.3) is 211 Å². The van der Waals surface area contributed by atoms with E-state index in [4.69, 9.17) is 24.9 Å². The van der Waals surface area contributed by atoms with E-state index in [9.17, 15) is 10.5 Å². The largest absolute Gasteiger partial charge is 0.309 e. The Hall–Kier alpha value is -17.8. The fraction of sp³-hybridized carbons (Fsp3) is 0. The van der Waals surface area contributed by atoms with E-state index < -0.39 is 0 Å². The van der Waals surface area contributed by atoms with Gasteiger partial charge in [0.05, 0.1) is 78.8 Å². The Morgan fingerprint density at radius 3 is 0.727 bits per heavy atom. The third-order valence-electron chi connectivity index (χ3n) is 24.0. The van der Waals surface area contributed by atoms with Gasteiger partial charge in [-0.05, 0) is 173 Å². The first-order valence-electron chi connectivity index (χ1n) is 42.7. The lowest BCUT2D eigenvalue weighted by Crippen LogP contribution is -2.01. The Bertz CT molecular complexity index is 7910. The summed E-state index contributed by atoms with van der Waals surface area (Å²) in [6.07, 6.45) is 0. The second-order valence-corrected chi connectivity index (χ2v) is 31.7. The van der Waals surface area contributed by atoms with Crippen molar-refractivity contribution in [1.82, 2.24) is 43.2 Å². The van der Waals surface area contributed by atoms with Gasteiger partial charge < -0.3 is 18.3 Å². The summed E-state index contributed by atoms with van der Waals surface area (Å²) in [6.45, 7) is 0. The summed E-state index contributed by atoms with van der Waals surface area (Å²) in [4.78, 5) is 25.0. The molecule has 0 spiro atoms. The molecule has 11 nitrogen and oxygen atoms in total. The minimum atomic E-state index is 0.635. The molecule has 24 rings (SSSR count). The number of aromatic nitrogens is 9.